The molecule has 0 N–H and O–H groups in total. The van der Waals surface area contributed by atoms with Crippen molar-refractivity contribution in [2.45, 2.75) is 0 Å². The third-order valence-electron chi connectivity index (χ3n) is 8.08. The summed E-state index contributed by atoms with van der Waals surface area (Å²) in [7, 11) is 0. The van der Waals surface area contributed by atoms with Gasteiger partial charge in [0.25, 0.3) is 0 Å². The van der Waals surface area contributed by atoms with E-state index < -0.39 is 0 Å². The highest BCUT2D eigenvalue weighted by atomic mass is 16.3. The fraction of sp³-hybridized carbons (Fsp3) is 0. The second-order valence-electron chi connectivity index (χ2n) is 10.9. The van der Waals surface area contributed by atoms with Gasteiger partial charge in [0.05, 0.1) is 0 Å². The molecule has 44 heavy (non-hydrogen) atoms. The van der Waals surface area contributed by atoms with E-state index in [0.29, 0.717) is 5.89 Å². The third-order valence-corrected chi connectivity index (χ3v) is 8.08. The van der Waals surface area contributed by atoms with Gasteiger partial charge in [-0.3, -0.25) is 0 Å². The van der Waals surface area contributed by atoms with Crippen LogP contribution in [0.4, 0.5) is 17.1 Å². The van der Waals surface area contributed by atoms with Crippen LogP contribution in [-0.4, -0.2) is 4.98 Å². The second-order valence-corrected chi connectivity index (χ2v) is 10.9. The van der Waals surface area contributed by atoms with E-state index in [0.717, 1.165) is 44.5 Å². The molecule has 0 unspecified atom stereocenters. The Bertz CT molecular complexity index is 2200. The maximum atomic E-state index is 6.33. The molecule has 0 saturated carbocycles. The summed E-state index contributed by atoms with van der Waals surface area (Å²) in [5.74, 6) is 0.634. The zero-order chi connectivity index (χ0) is 29.3. The highest BCUT2D eigenvalue weighted by Gasteiger charge is 2.17. The maximum absolute atomic E-state index is 6.33. The molecule has 0 aliphatic carbocycles. The van der Waals surface area contributed by atoms with Crippen molar-refractivity contribution in [3.05, 3.63) is 170 Å². The largest absolute Gasteiger partial charge is 0.435 e. The molecule has 3 nitrogen and oxygen atoms in total. The van der Waals surface area contributed by atoms with Crippen LogP contribution in [0, 0.1) is 0 Å². The van der Waals surface area contributed by atoms with Crippen molar-refractivity contribution >= 4 is 38.9 Å². The number of benzene rings is 7. The number of nitrogens with zero attached hydrogens (tertiary/aromatic N) is 2. The van der Waals surface area contributed by atoms with Crippen molar-refractivity contribution in [1.82, 2.24) is 4.98 Å². The first-order valence-corrected chi connectivity index (χ1v) is 14.8. The lowest BCUT2D eigenvalue weighted by atomic mass is 10.0. The summed E-state index contributed by atoms with van der Waals surface area (Å²) in [5.41, 5.74) is 10.6. The molecule has 0 radical (unpaired) electrons. The minimum Gasteiger partial charge on any atom is -0.435 e. The van der Waals surface area contributed by atoms with Gasteiger partial charge in [-0.1, -0.05) is 109 Å². The van der Waals surface area contributed by atoms with Gasteiger partial charge < -0.3 is 9.32 Å². The van der Waals surface area contributed by atoms with Crippen LogP contribution >= 0.6 is 0 Å². The van der Waals surface area contributed by atoms with Crippen LogP contribution < -0.4 is 4.90 Å². The zero-order valence-corrected chi connectivity index (χ0v) is 24.0. The van der Waals surface area contributed by atoms with E-state index >= 15 is 0 Å². The van der Waals surface area contributed by atoms with Crippen molar-refractivity contribution < 1.29 is 4.42 Å². The number of rotatable bonds is 6. The third kappa shape index (κ3) is 4.81. The zero-order valence-electron chi connectivity index (χ0n) is 24.0. The maximum Gasteiger partial charge on any atom is 0.227 e. The molecular weight excluding hydrogens is 536 g/mol. The molecule has 0 aliphatic heterocycles. The lowest BCUT2D eigenvalue weighted by molar-refractivity contribution is 0.623. The van der Waals surface area contributed by atoms with Crippen LogP contribution in [0.25, 0.3) is 55.6 Å². The highest BCUT2D eigenvalue weighted by Crippen LogP contribution is 2.40. The standard InChI is InChI=1S/C41H28N2O/c1-4-11-29(12-5-1)31-19-22-35(23-20-31)43(36-18-10-17-33(27-36)30-13-6-2-7-14-30)37-24-25-38-34(28-37)21-26-39-40(38)44-41(42-39)32-15-8-3-9-16-32/h1-28H. The summed E-state index contributed by atoms with van der Waals surface area (Å²) in [4.78, 5) is 7.10. The molecule has 3 heteroatoms. The number of aromatic nitrogens is 1. The molecule has 208 valence electrons. The fourth-order valence-corrected chi connectivity index (χ4v) is 5.88. The SMILES string of the molecule is c1ccc(-c2ccc(N(c3cccc(-c4ccccc4)c3)c3ccc4c(ccc5nc(-c6ccccc6)oc54)c3)cc2)cc1. The van der Waals surface area contributed by atoms with E-state index in [2.05, 4.69) is 132 Å². The second kappa shape index (κ2) is 11.0. The van der Waals surface area contributed by atoms with Crippen molar-refractivity contribution in [2.24, 2.45) is 0 Å². The Labute approximate surface area is 256 Å². The van der Waals surface area contributed by atoms with E-state index in [1.54, 1.807) is 0 Å². The van der Waals surface area contributed by atoms with Gasteiger partial charge in [0.15, 0.2) is 5.58 Å². The van der Waals surface area contributed by atoms with Gasteiger partial charge in [0.1, 0.15) is 5.52 Å². The Hall–Kier alpha value is -5.93. The average Bonchev–Trinajstić information content (AvgIpc) is 3.55. The van der Waals surface area contributed by atoms with Crippen molar-refractivity contribution in [3.8, 4) is 33.7 Å². The van der Waals surface area contributed by atoms with Gasteiger partial charge >= 0.3 is 0 Å². The molecule has 0 saturated heterocycles. The molecule has 0 fully saturated rings. The van der Waals surface area contributed by atoms with Gasteiger partial charge in [-0.15, -0.1) is 0 Å². The molecule has 0 spiro atoms. The van der Waals surface area contributed by atoms with Gasteiger partial charge in [0, 0.05) is 28.0 Å². The Morgan fingerprint density at radius 3 is 1.68 bits per heavy atom. The minimum absolute atomic E-state index is 0.634. The summed E-state index contributed by atoms with van der Waals surface area (Å²) in [6, 6.07) is 59.3. The molecule has 7 aromatic carbocycles. The van der Waals surface area contributed by atoms with Gasteiger partial charge in [-0.25, -0.2) is 4.98 Å². The molecular formula is C41H28N2O. The fourth-order valence-electron chi connectivity index (χ4n) is 5.88. The highest BCUT2D eigenvalue weighted by molar-refractivity contribution is 6.05. The van der Waals surface area contributed by atoms with Gasteiger partial charge in [0.2, 0.25) is 5.89 Å². The summed E-state index contributed by atoms with van der Waals surface area (Å²) >= 11 is 0. The molecule has 1 aromatic heterocycles. The molecule has 0 bridgehead atoms. The molecule has 0 atom stereocenters. The molecule has 8 rings (SSSR count). The molecule has 1 heterocycles. The molecule has 0 amide bonds. The van der Waals surface area contributed by atoms with E-state index in [1.807, 2.05) is 42.5 Å². The number of hydrogen-bond acceptors (Lipinski definition) is 3. The summed E-state index contributed by atoms with van der Waals surface area (Å²) in [6.07, 6.45) is 0. The Morgan fingerprint density at radius 2 is 0.977 bits per heavy atom. The lowest BCUT2D eigenvalue weighted by Crippen LogP contribution is -2.10. The Kier molecular flexibility index (Phi) is 6.47. The Balaban J connectivity index is 1.25. The van der Waals surface area contributed by atoms with Crippen LogP contribution in [-0.2, 0) is 0 Å². The van der Waals surface area contributed by atoms with Crippen LogP contribution in [0.15, 0.2) is 174 Å². The lowest BCUT2D eigenvalue weighted by Gasteiger charge is -2.26. The first-order chi connectivity index (χ1) is 21.8. The van der Waals surface area contributed by atoms with E-state index in [1.165, 1.54) is 22.3 Å². The van der Waals surface area contributed by atoms with E-state index in [-0.39, 0.29) is 0 Å². The van der Waals surface area contributed by atoms with Gasteiger partial charge in [-0.2, -0.15) is 0 Å². The van der Waals surface area contributed by atoms with Crippen LogP contribution in [0.3, 0.4) is 0 Å². The topological polar surface area (TPSA) is 29.3 Å². The normalized spacial score (nSPS) is 11.2. The van der Waals surface area contributed by atoms with Gasteiger partial charge in [-0.05, 0) is 88.3 Å². The predicted octanol–water partition coefficient (Wildman–Crippen LogP) is 11.5. The van der Waals surface area contributed by atoms with E-state index in [9.17, 15) is 0 Å². The molecule has 0 aliphatic rings. The van der Waals surface area contributed by atoms with Crippen LogP contribution in [0.5, 0.6) is 0 Å². The quantitative estimate of drug-likeness (QED) is 0.201. The number of oxazole rings is 1. The minimum atomic E-state index is 0.634. The van der Waals surface area contributed by atoms with Crippen LogP contribution in [0.2, 0.25) is 0 Å². The van der Waals surface area contributed by atoms with Crippen molar-refractivity contribution in [1.29, 1.82) is 0 Å². The van der Waals surface area contributed by atoms with Crippen molar-refractivity contribution in [3.63, 3.8) is 0 Å². The summed E-state index contributed by atoms with van der Waals surface area (Å²) in [6.45, 7) is 0. The average molecular weight is 565 g/mol. The summed E-state index contributed by atoms with van der Waals surface area (Å²) in [5, 5.41) is 2.13. The summed E-state index contributed by atoms with van der Waals surface area (Å²) < 4.78 is 6.33. The van der Waals surface area contributed by atoms with Crippen molar-refractivity contribution in [2.75, 3.05) is 4.90 Å². The Morgan fingerprint density at radius 1 is 0.409 bits per heavy atom. The predicted molar refractivity (Wildman–Crippen MR) is 183 cm³/mol. The number of anilines is 3. The smallest absolute Gasteiger partial charge is 0.227 e. The van der Waals surface area contributed by atoms with E-state index in [4.69, 9.17) is 9.40 Å². The first-order valence-electron chi connectivity index (χ1n) is 14.8. The van der Waals surface area contributed by atoms with Crippen LogP contribution in [0.1, 0.15) is 0 Å². The first kappa shape index (κ1) is 25.8. The monoisotopic (exact) mass is 564 g/mol. The molecule has 8 aromatic rings. The number of fused-ring (bicyclic) bond motifs is 3. The number of hydrogen-bond donors (Lipinski definition) is 0.